The Morgan fingerprint density at radius 3 is 2.51 bits per heavy atom. The molecule has 4 aromatic carbocycles. The highest BCUT2D eigenvalue weighted by atomic mass is 35.5. The van der Waals surface area contributed by atoms with Crippen molar-refractivity contribution in [2.45, 2.75) is 20.0 Å². The van der Waals surface area contributed by atoms with Gasteiger partial charge in [0.1, 0.15) is 11.5 Å². The van der Waals surface area contributed by atoms with Crippen LogP contribution >= 0.6 is 11.6 Å². The number of ether oxygens (including phenoxy) is 2. The minimum atomic E-state index is -0.792. The van der Waals surface area contributed by atoms with Crippen LogP contribution in [0, 0.1) is 6.92 Å². The molecule has 0 spiro atoms. The van der Waals surface area contributed by atoms with Crippen molar-refractivity contribution in [3.63, 3.8) is 0 Å². The maximum Gasteiger partial charge on any atom is 0.343 e. The predicted molar refractivity (Wildman–Crippen MR) is 137 cm³/mol. The summed E-state index contributed by atoms with van der Waals surface area (Å²) in [4.78, 5) is 25.2. The highest BCUT2D eigenvalue weighted by Crippen LogP contribution is 2.27. The second-order valence-electron chi connectivity index (χ2n) is 7.91. The predicted octanol–water partition coefficient (Wildman–Crippen LogP) is 5.94. The van der Waals surface area contributed by atoms with Crippen LogP contribution in [-0.2, 0) is 4.79 Å². The molecule has 4 rings (SSSR count). The van der Waals surface area contributed by atoms with Crippen LogP contribution in [0.2, 0.25) is 5.02 Å². The molecule has 1 atom stereocenters. The molecule has 7 heteroatoms. The van der Waals surface area contributed by atoms with Crippen LogP contribution in [0.1, 0.15) is 28.4 Å². The zero-order valence-electron chi connectivity index (χ0n) is 19.2. The molecule has 0 saturated heterocycles. The van der Waals surface area contributed by atoms with Crippen molar-refractivity contribution < 1.29 is 19.1 Å². The van der Waals surface area contributed by atoms with Crippen molar-refractivity contribution in [3.8, 4) is 11.5 Å². The molecule has 0 aromatic heterocycles. The van der Waals surface area contributed by atoms with Gasteiger partial charge in [0.05, 0.1) is 11.8 Å². The molecule has 4 aromatic rings. The summed E-state index contributed by atoms with van der Waals surface area (Å²) in [6.45, 7) is 3.53. The first-order valence-corrected chi connectivity index (χ1v) is 11.3. The van der Waals surface area contributed by atoms with Crippen LogP contribution in [-0.4, -0.2) is 24.2 Å². The Morgan fingerprint density at radius 1 is 0.971 bits per heavy atom. The van der Waals surface area contributed by atoms with Crippen molar-refractivity contribution >= 4 is 40.5 Å². The maximum atomic E-state index is 12.8. The molecule has 35 heavy (non-hydrogen) atoms. The average molecular weight is 487 g/mol. The summed E-state index contributed by atoms with van der Waals surface area (Å²) >= 11 is 5.88. The van der Waals surface area contributed by atoms with Crippen molar-refractivity contribution in [2.24, 2.45) is 5.10 Å². The first-order valence-electron chi connectivity index (χ1n) is 11.0. The fourth-order valence-corrected chi connectivity index (χ4v) is 3.58. The molecular weight excluding hydrogens is 464 g/mol. The third kappa shape index (κ3) is 6.05. The number of nitrogens with one attached hydrogen (secondary N) is 1. The number of amides is 1. The molecule has 0 fully saturated rings. The van der Waals surface area contributed by atoms with Gasteiger partial charge in [-0.1, -0.05) is 59.6 Å². The van der Waals surface area contributed by atoms with E-state index < -0.39 is 18.0 Å². The fraction of sp³-hybridized carbons (Fsp3) is 0.107. The first kappa shape index (κ1) is 24.0. The molecule has 176 valence electrons. The van der Waals surface area contributed by atoms with Crippen molar-refractivity contribution in [1.82, 2.24) is 5.43 Å². The maximum absolute atomic E-state index is 12.8. The summed E-state index contributed by atoms with van der Waals surface area (Å²) in [5, 5.41) is 6.45. The number of fused-ring (bicyclic) bond motifs is 1. The Labute approximate surface area is 208 Å². The smallest absolute Gasteiger partial charge is 0.343 e. The van der Waals surface area contributed by atoms with E-state index in [1.165, 1.54) is 6.21 Å². The van der Waals surface area contributed by atoms with Crippen LogP contribution in [0.5, 0.6) is 11.5 Å². The number of aryl methyl sites for hydroxylation is 1. The number of hydrogen-bond acceptors (Lipinski definition) is 5. The van der Waals surface area contributed by atoms with Crippen LogP contribution < -0.4 is 14.9 Å². The third-order valence-electron chi connectivity index (χ3n) is 5.25. The van der Waals surface area contributed by atoms with E-state index in [1.54, 1.807) is 55.5 Å². The van der Waals surface area contributed by atoms with Crippen molar-refractivity contribution in [3.05, 3.63) is 107 Å². The lowest BCUT2D eigenvalue weighted by Gasteiger charge is -2.13. The Morgan fingerprint density at radius 2 is 1.74 bits per heavy atom. The number of hydrazone groups is 1. The quantitative estimate of drug-likeness (QED) is 0.152. The molecule has 0 aliphatic heterocycles. The van der Waals surface area contributed by atoms with Crippen LogP contribution in [0.4, 0.5) is 0 Å². The SMILES string of the molecule is Cc1cccc(C(=O)Oc2ccc3ccccc3c2/C=N\NC(=O)[C@H](C)Oc2ccc(Cl)cc2)c1. The van der Waals surface area contributed by atoms with E-state index in [0.29, 0.717) is 27.6 Å². The van der Waals surface area contributed by atoms with E-state index in [-0.39, 0.29) is 0 Å². The van der Waals surface area contributed by atoms with E-state index >= 15 is 0 Å². The van der Waals surface area contributed by atoms with E-state index in [4.69, 9.17) is 21.1 Å². The van der Waals surface area contributed by atoms with Gasteiger partial charge < -0.3 is 9.47 Å². The summed E-state index contributed by atoms with van der Waals surface area (Å²) in [5.41, 5.74) is 4.45. The lowest BCUT2D eigenvalue weighted by atomic mass is 10.0. The Kier molecular flexibility index (Phi) is 7.43. The largest absolute Gasteiger partial charge is 0.481 e. The van der Waals surface area contributed by atoms with Gasteiger partial charge in [-0.2, -0.15) is 5.10 Å². The molecule has 0 unspecified atom stereocenters. The standard InChI is InChI=1S/C28H23ClN2O4/c1-18-6-5-8-21(16-18)28(33)35-26-15-10-20-7-3-4-9-24(20)25(26)17-30-31-27(32)19(2)34-23-13-11-22(29)12-14-23/h3-17,19H,1-2H3,(H,31,32)/b30-17-/t19-/m0/s1. The average Bonchev–Trinajstić information content (AvgIpc) is 2.86. The number of benzene rings is 4. The molecule has 0 bridgehead atoms. The summed E-state index contributed by atoms with van der Waals surface area (Å²) < 4.78 is 11.3. The van der Waals surface area contributed by atoms with E-state index in [1.807, 2.05) is 43.3 Å². The number of esters is 1. The summed E-state index contributed by atoms with van der Waals surface area (Å²) in [7, 11) is 0. The Hall–Kier alpha value is -4.16. The van der Waals surface area contributed by atoms with Gasteiger partial charge in [-0.3, -0.25) is 4.79 Å². The van der Waals surface area contributed by atoms with Gasteiger partial charge in [0.2, 0.25) is 0 Å². The first-order chi connectivity index (χ1) is 16.9. The number of nitrogens with zero attached hydrogens (tertiary/aromatic N) is 1. The van der Waals surface area contributed by atoms with Gasteiger partial charge in [0, 0.05) is 10.6 Å². The molecular formula is C28H23ClN2O4. The highest BCUT2D eigenvalue weighted by Gasteiger charge is 2.16. The van der Waals surface area contributed by atoms with Gasteiger partial charge in [0.15, 0.2) is 6.10 Å². The van der Waals surface area contributed by atoms with Gasteiger partial charge >= 0.3 is 5.97 Å². The summed E-state index contributed by atoms with van der Waals surface area (Å²) in [6.07, 6.45) is 0.674. The van der Waals surface area contributed by atoms with Gasteiger partial charge in [0.25, 0.3) is 5.91 Å². The monoisotopic (exact) mass is 486 g/mol. The summed E-state index contributed by atoms with van der Waals surface area (Å²) in [6, 6.07) is 25.1. The van der Waals surface area contributed by atoms with E-state index in [0.717, 1.165) is 16.3 Å². The molecule has 0 aliphatic rings. The second-order valence-corrected chi connectivity index (χ2v) is 8.34. The topological polar surface area (TPSA) is 77.0 Å². The second kappa shape index (κ2) is 10.8. The molecule has 0 radical (unpaired) electrons. The lowest BCUT2D eigenvalue weighted by Crippen LogP contribution is -2.33. The Bertz CT molecular complexity index is 1400. The number of halogens is 1. The minimum absolute atomic E-state index is 0.332. The molecule has 0 heterocycles. The molecule has 0 aliphatic carbocycles. The van der Waals surface area contributed by atoms with Gasteiger partial charge in [-0.05, 0) is 67.1 Å². The molecule has 0 saturated carbocycles. The molecule has 6 nitrogen and oxygen atoms in total. The Balaban J connectivity index is 1.53. The van der Waals surface area contributed by atoms with E-state index in [9.17, 15) is 9.59 Å². The molecule has 1 amide bonds. The highest BCUT2D eigenvalue weighted by molar-refractivity contribution is 6.30. The van der Waals surface area contributed by atoms with Gasteiger partial charge in [-0.25, -0.2) is 10.2 Å². The summed E-state index contributed by atoms with van der Waals surface area (Å²) in [5.74, 6) is -0.0681. The van der Waals surface area contributed by atoms with Crippen molar-refractivity contribution in [1.29, 1.82) is 0 Å². The molecule has 1 N–H and O–H groups in total. The van der Waals surface area contributed by atoms with Crippen molar-refractivity contribution in [2.75, 3.05) is 0 Å². The zero-order valence-corrected chi connectivity index (χ0v) is 20.0. The zero-order chi connectivity index (χ0) is 24.8. The number of carbonyl (C=O) groups excluding carboxylic acids is 2. The van der Waals surface area contributed by atoms with Crippen LogP contribution in [0.3, 0.4) is 0 Å². The number of rotatable bonds is 7. The van der Waals surface area contributed by atoms with Gasteiger partial charge in [-0.15, -0.1) is 0 Å². The van der Waals surface area contributed by atoms with Crippen LogP contribution in [0.15, 0.2) is 90.0 Å². The normalized spacial score (nSPS) is 11.9. The number of hydrogen-bond donors (Lipinski definition) is 1. The lowest BCUT2D eigenvalue weighted by molar-refractivity contribution is -0.127. The van der Waals surface area contributed by atoms with E-state index in [2.05, 4.69) is 10.5 Å². The number of carbonyl (C=O) groups is 2. The van der Waals surface area contributed by atoms with Crippen LogP contribution in [0.25, 0.3) is 10.8 Å². The minimum Gasteiger partial charge on any atom is -0.481 e. The fourth-order valence-electron chi connectivity index (χ4n) is 3.45. The third-order valence-corrected chi connectivity index (χ3v) is 5.50.